The van der Waals surface area contributed by atoms with Gasteiger partial charge in [0, 0.05) is 12.3 Å². The van der Waals surface area contributed by atoms with Crippen LogP contribution in [0.5, 0.6) is 0 Å². The average molecular weight is 265 g/mol. The summed E-state index contributed by atoms with van der Waals surface area (Å²) in [4.78, 5) is 0. The molecule has 1 aromatic carbocycles. The van der Waals surface area contributed by atoms with Crippen molar-refractivity contribution in [3.63, 3.8) is 0 Å². The molecule has 0 atom stereocenters. The predicted octanol–water partition coefficient (Wildman–Crippen LogP) is 2.95. The summed E-state index contributed by atoms with van der Waals surface area (Å²) < 4.78 is 5.13. The van der Waals surface area contributed by atoms with Crippen molar-refractivity contribution >= 4 is 46.7 Å². The molecule has 0 bridgehead atoms. The number of benzene rings is 1. The fraction of sp³-hybridized carbons (Fsp3) is 0.222. The summed E-state index contributed by atoms with van der Waals surface area (Å²) >= 11 is 7.51. The molecule has 3 nitrogen and oxygen atoms in total. The Bertz CT molecular complexity index is 447. The van der Waals surface area contributed by atoms with E-state index in [2.05, 4.69) is 5.16 Å². The van der Waals surface area contributed by atoms with Crippen molar-refractivity contribution in [2.45, 2.75) is 5.03 Å². The zero-order valence-electron chi connectivity index (χ0n) is 7.77. The van der Waals surface area contributed by atoms with E-state index in [0.717, 1.165) is 16.2 Å². The highest BCUT2D eigenvalue weighted by Crippen LogP contribution is 2.30. The number of fused-ring (bicyclic) bond motifs is 1. The second-order valence-corrected chi connectivity index (χ2v) is 4.23. The van der Waals surface area contributed by atoms with Crippen LogP contribution in [0.25, 0.3) is 11.0 Å². The molecule has 0 aliphatic heterocycles. The monoisotopic (exact) mass is 264 g/mol. The number of nitrogens with two attached hydrogens (primary N) is 1. The Labute approximate surface area is 103 Å². The third-order valence-electron chi connectivity index (χ3n) is 1.77. The Kier molecular flexibility index (Phi) is 4.73. The molecule has 15 heavy (non-hydrogen) atoms. The number of aromatic nitrogens is 1. The molecular formula is C9H10Cl2N2OS. The molecule has 1 aromatic heterocycles. The van der Waals surface area contributed by atoms with Gasteiger partial charge in [-0.3, -0.25) is 0 Å². The van der Waals surface area contributed by atoms with Gasteiger partial charge in [-0.1, -0.05) is 22.8 Å². The van der Waals surface area contributed by atoms with Crippen LogP contribution in [0.2, 0.25) is 5.02 Å². The zero-order chi connectivity index (χ0) is 9.97. The van der Waals surface area contributed by atoms with Crippen molar-refractivity contribution in [1.29, 1.82) is 0 Å². The third kappa shape index (κ3) is 2.58. The fourth-order valence-corrected chi connectivity index (χ4v) is 2.09. The van der Waals surface area contributed by atoms with E-state index >= 15 is 0 Å². The van der Waals surface area contributed by atoms with E-state index in [1.165, 1.54) is 0 Å². The molecule has 2 rings (SSSR count). The number of nitrogens with zero attached hydrogens (tertiary/aromatic N) is 1. The molecule has 0 spiro atoms. The third-order valence-corrected chi connectivity index (χ3v) is 3.08. The maximum Gasteiger partial charge on any atom is 0.186 e. The standard InChI is InChI=1S/C9H9ClN2OS.ClH/c10-7-3-1-2-6-8(7)13-12-9(6)14-5-4-11;/h1-3H,4-5,11H2;1H. The first-order valence-corrected chi connectivity index (χ1v) is 5.56. The van der Waals surface area contributed by atoms with Crippen molar-refractivity contribution in [3.8, 4) is 0 Å². The molecule has 6 heteroatoms. The molecule has 0 unspecified atom stereocenters. The fourth-order valence-electron chi connectivity index (χ4n) is 1.17. The number of hydrogen-bond acceptors (Lipinski definition) is 4. The van der Waals surface area contributed by atoms with Gasteiger partial charge in [-0.15, -0.1) is 24.2 Å². The predicted molar refractivity (Wildman–Crippen MR) is 66.0 cm³/mol. The van der Waals surface area contributed by atoms with Gasteiger partial charge >= 0.3 is 0 Å². The Morgan fingerprint density at radius 1 is 1.47 bits per heavy atom. The Morgan fingerprint density at radius 2 is 2.27 bits per heavy atom. The van der Waals surface area contributed by atoms with Crippen molar-refractivity contribution in [2.75, 3.05) is 12.3 Å². The molecular weight excluding hydrogens is 255 g/mol. The van der Waals surface area contributed by atoms with Gasteiger partial charge in [-0.05, 0) is 12.1 Å². The van der Waals surface area contributed by atoms with Crippen LogP contribution in [0.3, 0.4) is 0 Å². The lowest BCUT2D eigenvalue weighted by molar-refractivity contribution is 0.437. The van der Waals surface area contributed by atoms with E-state index in [1.807, 2.05) is 12.1 Å². The molecule has 82 valence electrons. The number of para-hydroxylation sites is 1. The number of halogens is 2. The SMILES string of the molecule is Cl.NCCSc1noc2c(Cl)cccc12. The Morgan fingerprint density at radius 3 is 3.00 bits per heavy atom. The van der Waals surface area contributed by atoms with E-state index in [0.29, 0.717) is 17.2 Å². The molecule has 2 aromatic rings. The zero-order valence-corrected chi connectivity index (χ0v) is 10.2. The molecule has 0 saturated carbocycles. The van der Waals surface area contributed by atoms with Crippen LogP contribution in [-0.2, 0) is 0 Å². The molecule has 2 N–H and O–H groups in total. The van der Waals surface area contributed by atoms with Gasteiger partial charge in [-0.2, -0.15) is 0 Å². The van der Waals surface area contributed by atoms with Crippen LogP contribution in [0.4, 0.5) is 0 Å². The molecule has 0 aliphatic rings. The van der Waals surface area contributed by atoms with E-state index in [4.69, 9.17) is 21.9 Å². The summed E-state index contributed by atoms with van der Waals surface area (Å²) in [6.07, 6.45) is 0. The minimum absolute atomic E-state index is 0. The van der Waals surface area contributed by atoms with Gasteiger partial charge in [0.15, 0.2) is 5.58 Å². The van der Waals surface area contributed by atoms with Gasteiger partial charge in [0.1, 0.15) is 5.03 Å². The maximum atomic E-state index is 5.94. The first kappa shape index (κ1) is 12.6. The smallest absolute Gasteiger partial charge is 0.186 e. The number of rotatable bonds is 3. The average Bonchev–Trinajstić information content (AvgIpc) is 2.60. The van der Waals surface area contributed by atoms with E-state index < -0.39 is 0 Å². The molecule has 0 fully saturated rings. The van der Waals surface area contributed by atoms with Crippen molar-refractivity contribution in [2.24, 2.45) is 5.73 Å². The van der Waals surface area contributed by atoms with Gasteiger partial charge < -0.3 is 10.3 Å². The van der Waals surface area contributed by atoms with E-state index in [9.17, 15) is 0 Å². The minimum atomic E-state index is 0. The van der Waals surface area contributed by atoms with Crippen LogP contribution in [-0.4, -0.2) is 17.5 Å². The molecule has 0 radical (unpaired) electrons. The van der Waals surface area contributed by atoms with Crippen LogP contribution < -0.4 is 5.73 Å². The van der Waals surface area contributed by atoms with Crippen LogP contribution in [0.15, 0.2) is 27.7 Å². The highest BCUT2D eigenvalue weighted by molar-refractivity contribution is 7.99. The quantitative estimate of drug-likeness (QED) is 0.867. The maximum absolute atomic E-state index is 5.94. The first-order chi connectivity index (χ1) is 6.83. The van der Waals surface area contributed by atoms with Gasteiger partial charge in [0.25, 0.3) is 0 Å². The van der Waals surface area contributed by atoms with Crippen molar-refractivity contribution < 1.29 is 4.52 Å². The van der Waals surface area contributed by atoms with Gasteiger partial charge in [0.05, 0.1) is 10.4 Å². The summed E-state index contributed by atoms with van der Waals surface area (Å²) in [6.45, 7) is 0.625. The normalized spacial score (nSPS) is 10.3. The summed E-state index contributed by atoms with van der Waals surface area (Å²) in [6, 6.07) is 5.61. The lowest BCUT2D eigenvalue weighted by Gasteiger charge is -1.93. The van der Waals surface area contributed by atoms with Gasteiger partial charge in [-0.25, -0.2) is 0 Å². The van der Waals surface area contributed by atoms with Gasteiger partial charge in [0.2, 0.25) is 0 Å². The second-order valence-electron chi connectivity index (χ2n) is 2.74. The second kappa shape index (κ2) is 5.61. The van der Waals surface area contributed by atoms with E-state index in [-0.39, 0.29) is 12.4 Å². The lowest BCUT2D eigenvalue weighted by atomic mass is 10.3. The number of hydrogen-bond donors (Lipinski definition) is 1. The van der Waals surface area contributed by atoms with Crippen LogP contribution in [0.1, 0.15) is 0 Å². The number of thioether (sulfide) groups is 1. The largest absolute Gasteiger partial charge is 0.354 e. The van der Waals surface area contributed by atoms with Crippen LogP contribution >= 0.6 is 35.8 Å². The van der Waals surface area contributed by atoms with Crippen molar-refractivity contribution in [1.82, 2.24) is 5.16 Å². The summed E-state index contributed by atoms with van der Waals surface area (Å²) in [5, 5.41) is 6.34. The highest BCUT2D eigenvalue weighted by atomic mass is 35.5. The molecule has 1 heterocycles. The molecule has 0 saturated heterocycles. The summed E-state index contributed by atoms with van der Waals surface area (Å²) in [5.74, 6) is 0.828. The molecule has 0 aliphatic carbocycles. The van der Waals surface area contributed by atoms with E-state index in [1.54, 1.807) is 17.8 Å². The highest BCUT2D eigenvalue weighted by Gasteiger charge is 2.10. The minimum Gasteiger partial charge on any atom is -0.354 e. The Balaban J connectivity index is 0.00000112. The van der Waals surface area contributed by atoms with Crippen LogP contribution in [0, 0.1) is 0 Å². The molecule has 0 amide bonds. The summed E-state index contributed by atoms with van der Waals surface area (Å²) in [7, 11) is 0. The van der Waals surface area contributed by atoms with Crippen molar-refractivity contribution in [3.05, 3.63) is 23.2 Å². The summed E-state index contributed by atoms with van der Waals surface area (Å²) in [5.41, 5.74) is 6.06. The Hall–Kier alpha value is -0.420. The topological polar surface area (TPSA) is 52.0 Å². The lowest BCUT2D eigenvalue weighted by Crippen LogP contribution is -2.00. The first-order valence-electron chi connectivity index (χ1n) is 4.19.